The molecule has 1 aliphatic carbocycles. The maximum atomic E-state index is 12.8. The zero-order valence-corrected chi connectivity index (χ0v) is 15.3. The van der Waals surface area contributed by atoms with Crippen molar-refractivity contribution in [2.45, 2.75) is 76.9 Å². The second-order valence-electron chi connectivity index (χ2n) is 8.64. The van der Waals surface area contributed by atoms with Crippen LogP contribution < -0.4 is 0 Å². The third-order valence-electron chi connectivity index (χ3n) is 5.71. The van der Waals surface area contributed by atoms with Crippen molar-refractivity contribution in [3.05, 3.63) is 35.4 Å². The van der Waals surface area contributed by atoms with Crippen LogP contribution in [0.2, 0.25) is 0 Å². The lowest BCUT2D eigenvalue weighted by atomic mass is 9.86. The van der Waals surface area contributed by atoms with Gasteiger partial charge in [0, 0.05) is 18.5 Å². The first kappa shape index (κ1) is 17.5. The van der Waals surface area contributed by atoms with Gasteiger partial charge in [-0.1, -0.05) is 45.0 Å². The summed E-state index contributed by atoms with van der Waals surface area (Å²) in [6.07, 6.45) is 5.31. The molecule has 1 aromatic rings. The van der Waals surface area contributed by atoms with E-state index in [1.54, 1.807) is 0 Å². The minimum Gasteiger partial charge on any atom is -0.393 e. The van der Waals surface area contributed by atoms with Crippen molar-refractivity contribution < 1.29 is 9.90 Å². The van der Waals surface area contributed by atoms with E-state index in [0.717, 1.165) is 45.1 Å². The van der Waals surface area contributed by atoms with E-state index in [1.807, 2.05) is 0 Å². The molecule has 2 fully saturated rings. The fourth-order valence-electron chi connectivity index (χ4n) is 4.16. The van der Waals surface area contributed by atoms with E-state index in [0.29, 0.717) is 5.91 Å². The Morgan fingerprint density at radius 2 is 1.83 bits per heavy atom. The minimum absolute atomic E-state index is 0.115. The van der Waals surface area contributed by atoms with E-state index in [2.05, 4.69) is 49.9 Å². The highest BCUT2D eigenvalue weighted by molar-refractivity contribution is 5.81. The van der Waals surface area contributed by atoms with Crippen LogP contribution in [0.5, 0.6) is 0 Å². The van der Waals surface area contributed by atoms with E-state index < -0.39 is 0 Å². The number of rotatable bonds is 3. The van der Waals surface area contributed by atoms with Gasteiger partial charge in [-0.05, 0) is 55.1 Å². The lowest BCUT2D eigenvalue weighted by Gasteiger charge is -2.33. The van der Waals surface area contributed by atoms with Gasteiger partial charge >= 0.3 is 0 Å². The lowest BCUT2D eigenvalue weighted by Crippen LogP contribution is -2.42. The maximum Gasteiger partial charge on any atom is 0.226 e. The van der Waals surface area contributed by atoms with Crippen LogP contribution in [-0.4, -0.2) is 34.6 Å². The molecule has 1 saturated heterocycles. The van der Waals surface area contributed by atoms with Crippen molar-refractivity contribution in [2.24, 2.45) is 5.92 Å². The SMILES string of the molecule is CC(C)(C)c1ccc(CC2CCN(C3CCCC(O)C3)C2=O)cc1. The van der Waals surface area contributed by atoms with E-state index in [-0.39, 0.29) is 23.5 Å². The summed E-state index contributed by atoms with van der Waals surface area (Å²) in [7, 11) is 0. The molecule has 1 amide bonds. The second kappa shape index (κ2) is 6.87. The molecule has 1 aromatic carbocycles. The zero-order valence-electron chi connectivity index (χ0n) is 15.3. The van der Waals surface area contributed by atoms with Crippen molar-refractivity contribution in [2.75, 3.05) is 6.54 Å². The van der Waals surface area contributed by atoms with Crippen LogP contribution in [0.1, 0.15) is 64.0 Å². The summed E-state index contributed by atoms with van der Waals surface area (Å²) in [5, 5.41) is 9.88. The van der Waals surface area contributed by atoms with Crippen LogP contribution in [0.3, 0.4) is 0 Å². The molecule has 3 unspecified atom stereocenters. The fraction of sp³-hybridized carbons (Fsp3) is 0.667. The Morgan fingerprint density at radius 3 is 2.46 bits per heavy atom. The predicted molar refractivity (Wildman–Crippen MR) is 96.9 cm³/mol. The first-order chi connectivity index (χ1) is 11.3. The van der Waals surface area contributed by atoms with Gasteiger partial charge in [0.2, 0.25) is 5.91 Å². The van der Waals surface area contributed by atoms with Crippen molar-refractivity contribution >= 4 is 5.91 Å². The molecular formula is C21H31NO2. The number of aliphatic hydroxyl groups excluding tert-OH is 1. The second-order valence-corrected chi connectivity index (χ2v) is 8.64. The summed E-state index contributed by atoms with van der Waals surface area (Å²) < 4.78 is 0. The van der Waals surface area contributed by atoms with Gasteiger partial charge in [-0.3, -0.25) is 4.79 Å². The number of amides is 1. The molecule has 3 heteroatoms. The number of nitrogens with zero attached hydrogens (tertiary/aromatic N) is 1. The van der Waals surface area contributed by atoms with Crippen LogP contribution in [0.15, 0.2) is 24.3 Å². The lowest BCUT2D eigenvalue weighted by molar-refractivity contribution is -0.134. The summed E-state index contributed by atoms with van der Waals surface area (Å²) in [6, 6.07) is 9.02. The summed E-state index contributed by atoms with van der Waals surface area (Å²) >= 11 is 0. The number of carbonyl (C=O) groups excluding carboxylic acids is 1. The van der Waals surface area contributed by atoms with Gasteiger partial charge in [0.05, 0.1) is 6.10 Å². The summed E-state index contributed by atoms with van der Waals surface area (Å²) in [4.78, 5) is 14.8. The minimum atomic E-state index is -0.222. The van der Waals surface area contributed by atoms with Gasteiger partial charge in [0.15, 0.2) is 0 Å². The van der Waals surface area contributed by atoms with Gasteiger partial charge in [0.1, 0.15) is 0 Å². The van der Waals surface area contributed by atoms with Crippen LogP contribution in [0.25, 0.3) is 0 Å². The van der Waals surface area contributed by atoms with Crippen LogP contribution in [-0.2, 0) is 16.6 Å². The molecule has 0 spiro atoms. The average Bonchev–Trinajstić information content (AvgIpc) is 2.88. The van der Waals surface area contributed by atoms with E-state index in [1.165, 1.54) is 11.1 Å². The smallest absolute Gasteiger partial charge is 0.226 e. The van der Waals surface area contributed by atoms with Crippen molar-refractivity contribution in [3.63, 3.8) is 0 Å². The topological polar surface area (TPSA) is 40.5 Å². The molecule has 1 heterocycles. The van der Waals surface area contributed by atoms with Crippen LogP contribution in [0.4, 0.5) is 0 Å². The van der Waals surface area contributed by atoms with Gasteiger partial charge in [-0.25, -0.2) is 0 Å². The number of aliphatic hydroxyl groups is 1. The molecule has 0 radical (unpaired) electrons. The summed E-state index contributed by atoms with van der Waals surface area (Å²) in [5.41, 5.74) is 2.76. The largest absolute Gasteiger partial charge is 0.393 e. The highest BCUT2D eigenvalue weighted by Crippen LogP contribution is 2.31. The molecule has 2 aliphatic rings. The first-order valence-electron chi connectivity index (χ1n) is 9.42. The third-order valence-corrected chi connectivity index (χ3v) is 5.71. The van der Waals surface area contributed by atoms with E-state index >= 15 is 0 Å². The van der Waals surface area contributed by atoms with Gasteiger partial charge in [0.25, 0.3) is 0 Å². The van der Waals surface area contributed by atoms with Gasteiger partial charge in [-0.15, -0.1) is 0 Å². The molecule has 0 bridgehead atoms. The highest BCUT2D eigenvalue weighted by Gasteiger charge is 2.37. The molecule has 0 aromatic heterocycles. The number of hydrogen-bond donors (Lipinski definition) is 1. The zero-order chi connectivity index (χ0) is 17.3. The fourth-order valence-corrected chi connectivity index (χ4v) is 4.16. The highest BCUT2D eigenvalue weighted by atomic mass is 16.3. The Labute approximate surface area is 146 Å². The number of carbonyl (C=O) groups is 1. The quantitative estimate of drug-likeness (QED) is 0.919. The summed E-state index contributed by atoms with van der Waals surface area (Å²) in [6.45, 7) is 7.53. The monoisotopic (exact) mass is 329 g/mol. The van der Waals surface area contributed by atoms with Gasteiger partial charge < -0.3 is 10.0 Å². The molecule has 3 nitrogen and oxygen atoms in total. The maximum absolute atomic E-state index is 12.8. The third kappa shape index (κ3) is 3.83. The number of likely N-dealkylation sites (tertiary alicyclic amines) is 1. The molecule has 1 aliphatic heterocycles. The van der Waals surface area contributed by atoms with Crippen molar-refractivity contribution in [1.29, 1.82) is 0 Å². The van der Waals surface area contributed by atoms with E-state index in [9.17, 15) is 9.90 Å². The Balaban J connectivity index is 1.61. The molecule has 3 atom stereocenters. The van der Waals surface area contributed by atoms with E-state index in [4.69, 9.17) is 0 Å². The molecule has 132 valence electrons. The van der Waals surface area contributed by atoms with Crippen molar-refractivity contribution in [3.8, 4) is 0 Å². The Morgan fingerprint density at radius 1 is 1.12 bits per heavy atom. The number of hydrogen-bond acceptors (Lipinski definition) is 2. The molecule has 3 rings (SSSR count). The average molecular weight is 329 g/mol. The molecule has 24 heavy (non-hydrogen) atoms. The van der Waals surface area contributed by atoms with Gasteiger partial charge in [-0.2, -0.15) is 0 Å². The Bertz CT molecular complexity index is 572. The normalized spacial score (nSPS) is 28.4. The first-order valence-corrected chi connectivity index (χ1v) is 9.42. The van der Waals surface area contributed by atoms with Crippen LogP contribution >= 0.6 is 0 Å². The standard InChI is InChI=1S/C21H31NO2/c1-21(2,3)17-9-7-15(8-10-17)13-16-11-12-22(20(16)24)18-5-4-6-19(23)14-18/h7-10,16,18-19,23H,4-6,11-14H2,1-3H3. The molecular weight excluding hydrogens is 298 g/mol. The predicted octanol–water partition coefficient (Wildman–Crippen LogP) is 3.68. The Kier molecular flexibility index (Phi) is 5.00. The Hall–Kier alpha value is -1.35. The number of benzene rings is 1. The summed E-state index contributed by atoms with van der Waals surface area (Å²) in [5.74, 6) is 0.415. The van der Waals surface area contributed by atoms with Crippen molar-refractivity contribution in [1.82, 2.24) is 4.90 Å². The molecule has 1 saturated carbocycles. The van der Waals surface area contributed by atoms with Crippen LogP contribution in [0, 0.1) is 5.92 Å². The molecule has 1 N–H and O–H groups in total.